The Morgan fingerprint density at radius 1 is 0.968 bits per heavy atom. The highest BCUT2D eigenvalue weighted by Gasteiger charge is 2.23. The topological polar surface area (TPSA) is 42.0 Å². The molecule has 2 aromatic rings. The predicted octanol–water partition coefficient (Wildman–Crippen LogP) is 3.55. The Morgan fingerprint density at radius 3 is 2.39 bits per heavy atom. The van der Waals surface area contributed by atoms with Crippen LogP contribution in [0.25, 0.3) is 0 Å². The number of hydrogen-bond donors (Lipinski definition) is 0. The molecule has 1 amide bonds. The summed E-state index contributed by atoms with van der Waals surface area (Å²) in [6.07, 6.45) is 3.72. The number of morpholine rings is 1. The Morgan fingerprint density at radius 2 is 1.68 bits per heavy atom. The minimum atomic E-state index is 0.221. The highest BCUT2D eigenvalue weighted by atomic mass is 16.5. The van der Waals surface area contributed by atoms with Crippen molar-refractivity contribution in [1.82, 2.24) is 9.80 Å². The lowest BCUT2D eigenvalue weighted by molar-refractivity contribution is -0.131. The first-order valence-corrected chi connectivity index (χ1v) is 11.5. The molecule has 0 saturated carbocycles. The molecule has 0 unspecified atom stereocenters. The predicted molar refractivity (Wildman–Crippen MR) is 122 cm³/mol. The fraction of sp³-hybridized carbons (Fsp3) is 0.500. The van der Waals surface area contributed by atoms with E-state index in [9.17, 15) is 4.79 Å². The number of piperidine rings is 1. The standard InChI is InChI=1S/C26H34N2O3/c1-30-25-4-2-3-24(18-25)19-26(29)28-11-9-22(10-12-28)17-21-5-7-23(8-6-21)20-27-13-15-31-16-14-27/h2-8,18,22H,9-17,19-20H2,1H3. The fourth-order valence-electron chi connectivity index (χ4n) is 4.59. The first kappa shape index (κ1) is 21.8. The molecule has 2 aliphatic heterocycles. The van der Waals surface area contributed by atoms with E-state index in [4.69, 9.17) is 9.47 Å². The maximum atomic E-state index is 12.7. The van der Waals surface area contributed by atoms with E-state index in [2.05, 4.69) is 29.2 Å². The Balaban J connectivity index is 1.22. The second-order valence-electron chi connectivity index (χ2n) is 8.76. The number of nitrogens with zero attached hydrogens (tertiary/aromatic N) is 2. The number of rotatable bonds is 7. The van der Waals surface area contributed by atoms with Gasteiger partial charge in [0, 0.05) is 32.7 Å². The first-order chi connectivity index (χ1) is 15.2. The van der Waals surface area contributed by atoms with Gasteiger partial charge in [0.15, 0.2) is 0 Å². The van der Waals surface area contributed by atoms with Crippen LogP contribution >= 0.6 is 0 Å². The molecule has 5 heteroatoms. The molecule has 0 radical (unpaired) electrons. The van der Waals surface area contributed by atoms with Crippen molar-refractivity contribution < 1.29 is 14.3 Å². The van der Waals surface area contributed by atoms with Crippen molar-refractivity contribution in [3.8, 4) is 5.75 Å². The largest absolute Gasteiger partial charge is 0.497 e. The average molecular weight is 423 g/mol. The lowest BCUT2D eigenvalue weighted by atomic mass is 9.89. The molecule has 0 aliphatic carbocycles. The van der Waals surface area contributed by atoms with Gasteiger partial charge in [-0.1, -0.05) is 36.4 Å². The van der Waals surface area contributed by atoms with Gasteiger partial charge in [-0.05, 0) is 54.0 Å². The van der Waals surface area contributed by atoms with Crippen molar-refractivity contribution in [1.29, 1.82) is 0 Å². The molecule has 2 aromatic carbocycles. The summed E-state index contributed by atoms with van der Waals surface area (Å²) in [5, 5.41) is 0. The van der Waals surface area contributed by atoms with Gasteiger partial charge < -0.3 is 14.4 Å². The number of hydrogen-bond acceptors (Lipinski definition) is 4. The van der Waals surface area contributed by atoms with Crippen LogP contribution in [0.1, 0.15) is 29.5 Å². The zero-order valence-electron chi connectivity index (χ0n) is 18.6. The lowest BCUT2D eigenvalue weighted by Crippen LogP contribution is -2.39. The fourth-order valence-corrected chi connectivity index (χ4v) is 4.59. The maximum absolute atomic E-state index is 12.7. The lowest BCUT2D eigenvalue weighted by Gasteiger charge is -2.32. The molecular formula is C26H34N2O3. The van der Waals surface area contributed by atoms with Crippen LogP contribution in [-0.2, 0) is 28.9 Å². The van der Waals surface area contributed by atoms with E-state index in [0.717, 1.165) is 76.5 Å². The van der Waals surface area contributed by atoms with Crippen molar-refractivity contribution >= 4 is 5.91 Å². The highest BCUT2D eigenvalue weighted by molar-refractivity contribution is 5.79. The van der Waals surface area contributed by atoms with Crippen LogP contribution in [0.5, 0.6) is 5.75 Å². The number of benzene rings is 2. The summed E-state index contributed by atoms with van der Waals surface area (Å²) < 4.78 is 10.7. The number of likely N-dealkylation sites (tertiary alicyclic amines) is 1. The molecule has 4 rings (SSSR count). The van der Waals surface area contributed by atoms with E-state index >= 15 is 0 Å². The number of amides is 1. The number of methoxy groups -OCH3 is 1. The molecular weight excluding hydrogens is 388 g/mol. The molecule has 5 nitrogen and oxygen atoms in total. The van der Waals surface area contributed by atoms with Gasteiger partial charge in [0.05, 0.1) is 26.7 Å². The molecule has 2 heterocycles. The van der Waals surface area contributed by atoms with E-state index in [0.29, 0.717) is 12.3 Å². The second kappa shape index (κ2) is 10.8. The molecule has 2 fully saturated rings. The van der Waals surface area contributed by atoms with Crippen LogP contribution in [0.3, 0.4) is 0 Å². The summed E-state index contributed by atoms with van der Waals surface area (Å²) in [6, 6.07) is 16.9. The summed E-state index contributed by atoms with van der Waals surface area (Å²) in [6.45, 7) is 6.48. The summed E-state index contributed by atoms with van der Waals surface area (Å²) in [7, 11) is 1.66. The van der Waals surface area contributed by atoms with Crippen molar-refractivity contribution in [2.45, 2.75) is 32.2 Å². The monoisotopic (exact) mass is 422 g/mol. The zero-order valence-corrected chi connectivity index (χ0v) is 18.6. The highest BCUT2D eigenvalue weighted by Crippen LogP contribution is 2.23. The molecule has 166 valence electrons. The second-order valence-corrected chi connectivity index (χ2v) is 8.76. The third kappa shape index (κ3) is 6.31. The van der Waals surface area contributed by atoms with E-state index in [1.165, 1.54) is 11.1 Å². The Hall–Kier alpha value is -2.37. The molecule has 2 saturated heterocycles. The van der Waals surface area contributed by atoms with Crippen LogP contribution in [-0.4, -0.2) is 62.2 Å². The molecule has 0 N–H and O–H groups in total. The first-order valence-electron chi connectivity index (χ1n) is 11.5. The van der Waals surface area contributed by atoms with Gasteiger partial charge in [0.1, 0.15) is 5.75 Å². The molecule has 31 heavy (non-hydrogen) atoms. The van der Waals surface area contributed by atoms with Crippen molar-refractivity contribution in [3.63, 3.8) is 0 Å². The smallest absolute Gasteiger partial charge is 0.226 e. The van der Waals surface area contributed by atoms with Crippen LogP contribution in [0, 0.1) is 5.92 Å². The van der Waals surface area contributed by atoms with Crippen LogP contribution in [0.15, 0.2) is 48.5 Å². The summed E-state index contributed by atoms with van der Waals surface area (Å²) in [5.41, 5.74) is 3.80. The van der Waals surface area contributed by atoms with Crippen molar-refractivity contribution in [3.05, 3.63) is 65.2 Å². The van der Waals surface area contributed by atoms with Gasteiger partial charge in [-0.3, -0.25) is 9.69 Å². The maximum Gasteiger partial charge on any atom is 0.226 e. The van der Waals surface area contributed by atoms with E-state index in [-0.39, 0.29) is 5.91 Å². The van der Waals surface area contributed by atoms with E-state index in [1.807, 2.05) is 29.2 Å². The molecule has 0 aromatic heterocycles. The number of carbonyl (C=O) groups is 1. The van der Waals surface area contributed by atoms with Gasteiger partial charge >= 0.3 is 0 Å². The summed E-state index contributed by atoms with van der Waals surface area (Å²) >= 11 is 0. The van der Waals surface area contributed by atoms with Gasteiger partial charge in [-0.15, -0.1) is 0 Å². The molecule has 0 bridgehead atoms. The van der Waals surface area contributed by atoms with Gasteiger partial charge in [0.2, 0.25) is 5.91 Å². The molecule has 2 aliphatic rings. The number of ether oxygens (including phenoxy) is 2. The Kier molecular flexibility index (Phi) is 7.60. The summed E-state index contributed by atoms with van der Waals surface area (Å²) in [4.78, 5) is 17.2. The van der Waals surface area contributed by atoms with Crippen LogP contribution in [0.2, 0.25) is 0 Å². The minimum Gasteiger partial charge on any atom is -0.497 e. The molecule has 0 atom stereocenters. The quantitative estimate of drug-likeness (QED) is 0.684. The van der Waals surface area contributed by atoms with Crippen molar-refractivity contribution in [2.24, 2.45) is 5.92 Å². The third-order valence-electron chi connectivity index (χ3n) is 6.51. The summed E-state index contributed by atoms with van der Waals surface area (Å²) in [5.74, 6) is 1.69. The van der Waals surface area contributed by atoms with Gasteiger partial charge in [-0.2, -0.15) is 0 Å². The Bertz CT molecular complexity index is 838. The van der Waals surface area contributed by atoms with Gasteiger partial charge in [-0.25, -0.2) is 0 Å². The van der Waals surface area contributed by atoms with Crippen LogP contribution in [0.4, 0.5) is 0 Å². The average Bonchev–Trinajstić information content (AvgIpc) is 2.81. The van der Waals surface area contributed by atoms with Gasteiger partial charge in [0.25, 0.3) is 0 Å². The number of carbonyl (C=O) groups excluding carboxylic acids is 1. The van der Waals surface area contributed by atoms with Crippen molar-refractivity contribution in [2.75, 3.05) is 46.5 Å². The normalized spacial score (nSPS) is 18.2. The minimum absolute atomic E-state index is 0.221. The van der Waals surface area contributed by atoms with E-state index in [1.54, 1.807) is 7.11 Å². The van der Waals surface area contributed by atoms with Crippen LogP contribution < -0.4 is 4.74 Å². The van der Waals surface area contributed by atoms with E-state index < -0.39 is 0 Å². The zero-order chi connectivity index (χ0) is 21.5. The molecule has 0 spiro atoms. The Labute approximate surface area is 185 Å². The SMILES string of the molecule is COc1cccc(CC(=O)N2CCC(Cc3ccc(CN4CCOCC4)cc3)CC2)c1. The third-order valence-corrected chi connectivity index (χ3v) is 6.51.